The molecule has 0 bridgehead atoms. The Hall–Kier alpha value is -3.15. The summed E-state index contributed by atoms with van der Waals surface area (Å²) in [6.07, 6.45) is 7.04. The Labute approximate surface area is 145 Å². The minimum atomic E-state index is -0.262. The number of benzene rings is 1. The Morgan fingerprint density at radius 1 is 1.28 bits per heavy atom. The van der Waals surface area contributed by atoms with E-state index in [0.717, 1.165) is 18.1 Å². The van der Waals surface area contributed by atoms with Crippen molar-refractivity contribution in [1.29, 1.82) is 0 Å². The minimum Gasteiger partial charge on any atom is -0.504 e. The largest absolute Gasteiger partial charge is 0.504 e. The first-order valence-corrected chi connectivity index (χ1v) is 8.12. The molecule has 0 radical (unpaired) electrons. The summed E-state index contributed by atoms with van der Waals surface area (Å²) < 4.78 is 1.99. The molecule has 2 N–H and O–H groups in total. The quantitative estimate of drug-likeness (QED) is 0.411. The Morgan fingerprint density at radius 3 is 2.68 bits per heavy atom. The second-order valence-corrected chi connectivity index (χ2v) is 5.93. The van der Waals surface area contributed by atoms with Gasteiger partial charge < -0.3 is 9.67 Å². The van der Waals surface area contributed by atoms with Gasteiger partial charge in [-0.15, -0.1) is 0 Å². The van der Waals surface area contributed by atoms with Crippen LogP contribution in [-0.2, 0) is 13.0 Å². The highest BCUT2D eigenvalue weighted by Crippen LogP contribution is 2.17. The van der Waals surface area contributed by atoms with Crippen LogP contribution < -0.4 is 0 Å². The first-order chi connectivity index (χ1) is 12.1. The number of aliphatic hydroxyl groups is 1. The van der Waals surface area contributed by atoms with Gasteiger partial charge in [-0.3, -0.25) is 9.89 Å². The van der Waals surface area contributed by atoms with Crippen molar-refractivity contribution in [2.24, 2.45) is 0 Å². The summed E-state index contributed by atoms with van der Waals surface area (Å²) >= 11 is 0. The van der Waals surface area contributed by atoms with E-state index in [4.69, 9.17) is 0 Å². The topological polar surface area (TPSA) is 83.8 Å². The zero-order chi connectivity index (χ0) is 17.8. The van der Waals surface area contributed by atoms with Crippen LogP contribution in [0.3, 0.4) is 0 Å². The molecule has 3 rings (SSSR count). The molecule has 6 nitrogen and oxygen atoms in total. The SMILES string of the molecule is CCc1cn(Cc2ccc(C)cc2)cc1C(=O)C=C(O)c1nc[nH]n1. The molecule has 0 saturated heterocycles. The van der Waals surface area contributed by atoms with E-state index in [9.17, 15) is 9.90 Å². The number of nitrogens with one attached hydrogen (secondary N) is 1. The molecule has 0 unspecified atom stereocenters. The van der Waals surface area contributed by atoms with Crippen LogP contribution in [0.4, 0.5) is 0 Å². The molecular weight excluding hydrogens is 316 g/mol. The van der Waals surface area contributed by atoms with Crippen LogP contribution in [0, 0.1) is 6.92 Å². The minimum absolute atomic E-state index is 0.102. The fraction of sp³-hybridized carbons (Fsp3) is 0.211. The lowest BCUT2D eigenvalue weighted by Crippen LogP contribution is -2.00. The van der Waals surface area contributed by atoms with Gasteiger partial charge in [0.2, 0.25) is 5.82 Å². The van der Waals surface area contributed by atoms with Crippen LogP contribution in [0.2, 0.25) is 0 Å². The van der Waals surface area contributed by atoms with Crippen LogP contribution in [0.25, 0.3) is 5.76 Å². The Balaban J connectivity index is 1.83. The number of carbonyl (C=O) groups excluding carboxylic acids is 1. The van der Waals surface area contributed by atoms with Crippen LogP contribution in [-0.4, -0.2) is 30.6 Å². The average Bonchev–Trinajstić information content (AvgIpc) is 3.26. The molecule has 1 aromatic carbocycles. The third-order valence-electron chi connectivity index (χ3n) is 4.01. The van der Waals surface area contributed by atoms with Crippen molar-refractivity contribution in [3.8, 4) is 0 Å². The predicted octanol–water partition coefficient (Wildman–Crippen LogP) is 3.31. The molecule has 0 aliphatic rings. The molecule has 0 amide bonds. The van der Waals surface area contributed by atoms with Gasteiger partial charge in [-0.1, -0.05) is 36.8 Å². The summed E-state index contributed by atoms with van der Waals surface area (Å²) in [6, 6.07) is 8.31. The molecule has 0 atom stereocenters. The molecular formula is C19H20N4O2. The van der Waals surface area contributed by atoms with Gasteiger partial charge in [0.25, 0.3) is 0 Å². The van der Waals surface area contributed by atoms with Gasteiger partial charge in [-0.2, -0.15) is 5.10 Å². The van der Waals surface area contributed by atoms with Crippen LogP contribution >= 0.6 is 0 Å². The van der Waals surface area contributed by atoms with E-state index in [-0.39, 0.29) is 17.4 Å². The normalized spacial score (nSPS) is 11.7. The lowest BCUT2D eigenvalue weighted by atomic mass is 10.1. The number of hydrogen-bond donors (Lipinski definition) is 2. The number of carbonyl (C=O) groups is 1. The molecule has 128 valence electrons. The van der Waals surface area contributed by atoms with E-state index in [1.165, 1.54) is 17.5 Å². The highest BCUT2D eigenvalue weighted by Gasteiger charge is 2.14. The lowest BCUT2D eigenvalue weighted by molar-refractivity contribution is 0.104. The van der Waals surface area contributed by atoms with E-state index in [1.807, 2.05) is 23.9 Å². The molecule has 0 aliphatic carbocycles. The summed E-state index contributed by atoms with van der Waals surface area (Å²) in [6.45, 7) is 4.75. The highest BCUT2D eigenvalue weighted by atomic mass is 16.3. The molecule has 0 saturated carbocycles. The monoisotopic (exact) mass is 336 g/mol. The second-order valence-electron chi connectivity index (χ2n) is 5.93. The van der Waals surface area contributed by atoms with Crippen molar-refractivity contribution in [3.63, 3.8) is 0 Å². The summed E-state index contributed by atoms with van der Waals surface area (Å²) in [7, 11) is 0. The predicted molar refractivity (Wildman–Crippen MR) is 95.4 cm³/mol. The van der Waals surface area contributed by atoms with Crippen molar-refractivity contribution in [3.05, 3.63) is 77.1 Å². The zero-order valence-corrected chi connectivity index (χ0v) is 14.2. The van der Waals surface area contributed by atoms with Crippen LogP contribution in [0.15, 0.2) is 49.1 Å². The maximum absolute atomic E-state index is 12.5. The molecule has 25 heavy (non-hydrogen) atoms. The number of aromatic nitrogens is 4. The second kappa shape index (κ2) is 7.17. The Kier molecular flexibility index (Phi) is 4.79. The number of aliphatic hydroxyl groups excluding tert-OH is 1. The molecule has 0 fully saturated rings. The number of ketones is 1. The zero-order valence-electron chi connectivity index (χ0n) is 14.2. The van der Waals surface area contributed by atoms with Crippen molar-refractivity contribution >= 4 is 11.5 Å². The third-order valence-corrected chi connectivity index (χ3v) is 4.01. The van der Waals surface area contributed by atoms with Gasteiger partial charge in [-0.25, -0.2) is 4.98 Å². The van der Waals surface area contributed by atoms with Crippen molar-refractivity contribution in [1.82, 2.24) is 19.7 Å². The number of allylic oxidation sites excluding steroid dienone is 1. The number of nitrogens with zero attached hydrogens (tertiary/aromatic N) is 3. The fourth-order valence-electron chi connectivity index (χ4n) is 2.65. The lowest BCUT2D eigenvalue weighted by Gasteiger charge is -2.03. The van der Waals surface area contributed by atoms with Gasteiger partial charge in [-0.05, 0) is 24.5 Å². The number of hydrogen-bond acceptors (Lipinski definition) is 4. The fourth-order valence-corrected chi connectivity index (χ4v) is 2.65. The summed E-state index contributed by atoms with van der Waals surface area (Å²) in [5.41, 5.74) is 3.91. The average molecular weight is 336 g/mol. The standard InChI is InChI=1S/C19H20N4O2/c1-3-15-10-23(9-14-6-4-13(2)5-7-14)11-16(15)17(24)8-18(25)19-20-12-21-22-19/h4-8,10-12,25H,3,9H2,1-2H3,(H,20,21,22). The van der Waals surface area contributed by atoms with Crippen molar-refractivity contribution < 1.29 is 9.90 Å². The number of aromatic amines is 1. The number of aryl methyl sites for hydroxylation is 2. The molecule has 0 spiro atoms. The first kappa shape index (κ1) is 16.7. The third kappa shape index (κ3) is 3.85. The maximum atomic E-state index is 12.5. The summed E-state index contributed by atoms with van der Waals surface area (Å²) in [5, 5.41) is 16.2. The van der Waals surface area contributed by atoms with E-state index >= 15 is 0 Å². The van der Waals surface area contributed by atoms with Gasteiger partial charge in [0.05, 0.1) is 0 Å². The number of rotatable bonds is 6. The van der Waals surface area contributed by atoms with E-state index in [2.05, 4.69) is 46.4 Å². The highest BCUT2D eigenvalue weighted by molar-refractivity contribution is 6.08. The molecule has 2 aromatic heterocycles. The van der Waals surface area contributed by atoms with Gasteiger partial charge >= 0.3 is 0 Å². The van der Waals surface area contributed by atoms with Crippen molar-refractivity contribution in [2.75, 3.05) is 0 Å². The first-order valence-electron chi connectivity index (χ1n) is 8.12. The summed E-state index contributed by atoms with van der Waals surface area (Å²) in [5.74, 6) is -0.410. The van der Waals surface area contributed by atoms with E-state index in [1.54, 1.807) is 0 Å². The van der Waals surface area contributed by atoms with Gasteiger partial charge in [0.1, 0.15) is 6.33 Å². The van der Waals surface area contributed by atoms with Gasteiger partial charge in [0.15, 0.2) is 11.5 Å². The Bertz CT molecular complexity index is 890. The van der Waals surface area contributed by atoms with Crippen LogP contribution in [0.1, 0.15) is 39.8 Å². The maximum Gasteiger partial charge on any atom is 0.215 e. The Morgan fingerprint density at radius 2 is 2.04 bits per heavy atom. The van der Waals surface area contributed by atoms with Gasteiger partial charge in [0, 0.05) is 30.6 Å². The van der Waals surface area contributed by atoms with E-state index in [0.29, 0.717) is 12.1 Å². The molecule has 6 heteroatoms. The van der Waals surface area contributed by atoms with Crippen molar-refractivity contribution in [2.45, 2.75) is 26.8 Å². The number of H-pyrrole nitrogens is 1. The van der Waals surface area contributed by atoms with E-state index < -0.39 is 0 Å². The summed E-state index contributed by atoms with van der Waals surface area (Å²) in [4.78, 5) is 16.4. The molecule has 3 aromatic rings. The molecule has 2 heterocycles. The smallest absolute Gasteiger partial charge is 0.215 e. The molecule has 0 aliphatic heterocycles. The van der Waals surface area contributed by atoms with Crippen LogP contribution in [0.5, 0.6) is 0 Å².